The third-order valence-corrected chi connectivity index (χ3v) is 2.68. The highest BCUT2D eigenvalue weighted by atomic mass is 16.6. The van der Waals surface area contributed by atoms with Crippen LogP contribution < -0.4 is 4.90 Å². The minimum absolute atomic E-state index is 0.136. The summed E-state index contributed by atoms with van der Waals surface area (Å²) in [6.45, 7) is 9.21. The molecule has 2 aromatic rings. The molecule has 7 heteroatoms. The number of hydrogen-bond donors (Lipinski definition) is 0. The third-order valence-electron chi connectivity index (χ3n) is 2.68. The lowest BCUT2D eigenvalue weighted by Gasteiger charge is -2.20. The molecule has 2 heterocycles. The average molecular weight is 261 g/mol. The molecular formula is C12H15N5O2. The zero-order chi connectivity index (χ0) is 14.0. The summed E-state index contributed by atoms with van der Waals surface area (Å²) in [5.74, 6) is 0.530. The van der Waals surface area contributed by atoms with Crippen molar-refractivity contribution in [2.24, 2.45) is 0 Å². The molecule has 7 nitrogen and oxygen atoms in total. The van der Waals surface area contributed by atoms with Crippen molar-refractivity contribution in [3.8, 4) is 0 Å². The lowest BCUT2D eigenvalue weighted by Crippen LogP contribution is -2.26. The van der Waals surface area contributed by atoms with Crippen LogP contribution in [0, 0.1) is 10.1 Å². The van der Waals surface area contributed by atoms with Gasteiger partial charge in [-0.25, -0.2) is 4.98 Å². The maximum absolute atomic E-state index is 10.9. The van der Waals surface area contributed by atoms with Crippen molar-refractivity contribution in [2.75, 3.05) is 18.0 Å². The van der Waals surface area contributed by atoms with Crippen molar-refractivity contribution in [2.45, 2.75) is 13.8 Å². The van der Waals surface area contributed by atoms with Gasteiger partial charge < -0.3 is 15.0 Å². The van der Waals surface area contributed by atoms with Gasteiger partial charge >= 0.3 is 5.82 Å². The Morgan fingerprint density at radius 2 is 2.32 bits per heavy atom. The Balaban J connectivity index is 2.46. The van der Waals surface area contributed by atoms with Crippen LogP contribution >= 0.6 is 0 Å². The van der Waals surface area contributed by atoms with Crippen molar-refractivity contribution in [1.82, 2.24) is 14.6 Å². The second kappa shape index (κ2) is 5.05. The summed E-state index contributed by atoms with van der Waals surface area (Å²) in [6.07, 6.45) is 1.21. The molecule has 0 aliphatic rings. The summed E-state index contributed by atoms with van der Waals surface area (Å²) in [5.41, 5.74) is 1.46. The van der Waals surface area contributed by atoms with Crippen LogP contribution in [-0.2, 0) is 0 Å². The topological polar surface area (TPSA) is 76.6 Å². The predicted molar refractivity (Wildman–Crippen MR) is 72.3 cm³/mol. The molecule has 0 unspecified atom stereocenters. The van der Waals surface area contributed by atoms with E-state index in [1.54, 1.807) is 12.1 Å². The van der Waals surface area contributed by atoms with Crippen molar-refractivity contribution < 1.29 is 4.92 Å². The van der Waals surface area contributed by atoms with Crippen LogP contribution in [-0.4, -0.2) is 32.6 Å². The zero-order valence-corrected chi connectivity index (χ0v) is 10.9. The van der Waals surface area contributed by atoms with E-state index < -0.39 is 4.92 Å². The number of fused-ring (bicyclic) bond motifs is 1. The number of likely N-dealkylation sites (N-methyl/N-ethyl adjacent to an activating group) is 1. The molecule has 0 aliphatic heterocycles. The van der Waals surface area contributed by atoms with Gasteiger partial charge in [0.2, 0.25) is 5.65 Å². The number of aromatic nitrogens is 3. The van der Waals surface area contributed by atoms with Gasteiger partial charge in [-0.3, -0.25) is 0 Å². The SMILES string of the molecule is C=C(C)CN(CC)c1ccc2ncc([N+](=O)[O-])n2n1. The largest absolute Gasteiger partial charge is 0.368 e. The van der Waals surface area contributed by atoms with E-state index in [1.165, 1.54) is 10.7 Å². The van der Waals surface area contributed by atoms with Crippen molar-refractivity contribution >= 4 is 17.3 Å². The smallest absolute Gasteiger partial charge is 0.358 e. The van der Waals surface area contributed by atoms with Crippen LogP contribution in [0.1, 0.15) is 13.8 Å². The molecule has 0 spiro atoms. The Labute approximate surface area is 110 Å². The molecule has 0 amide bonds. The normalized spacial score (nSPS) is 10.6. The van der Waals surface area contributed by atoms with E-state index in [9.17, 15) is 10.1 Å². The summed E-state index contributed by atoms with van der Waals surface area (Å²) < 4.78 is 1.25. The van der Waals surface area contributed by atoms with E-state index in [0.717, 1.165) is 12.1 Å². The van der Waals surface area contributed by atoms with Gasteiger partial charge in [0, 0.05) is 19.2 Å². The van der Waals surface area contributed by atoms with E-state index in [0.29, 0.717) is 18.0 Å². The molecule has 0 atom stereocenters. The van der Waals surface area contributed by atoms with E-state index in [4.69, 9.17) is 0 Å². The maximum atomic E-state index is 10.9. The lowest BCUT2D eigenvalue weighted by molar-refractivity contribution is -0.391. The molecule has 19 heavy (non-hydrogen) atoms. The van der Waals surface area contributed by atoms with Gasteiger partial charge in [0.1, 0.15) is 6.20 Å². The van der Waals surface area contributed by atoms with Crippen LogP contribution in [0.15, 0.2) is 30.5 Å². The Bertz CT molecular complexity index is 634. The molecule has 0 aliphatic carbocycles. The molecule has 2 aromatic heterocycles. The van der Waals surface area contributed by atoms with Crippen molar-refractivity contribution in [3.05, 3.63) is 40.6 Å². The first-order valence-electron chi connectivity index (χ1n) is 5.91. The second-order valence-corrected chi connectivity index (χ2v) is 4.31. The average Bonchev–Trinajstić information content (AvgIpc) is 2.78. The third kappa shape index (κ3) is 2.54. The van der Waals surface area contributed by atoms with Crippen molar-refractivity contribution in [3.63, 3.8) is 0 Å². The number of imidazole rings is 1. The summed E-state index contributed by atoms with van der Waals surface area (Å²) in [5, 5.41) is 15.2. The molecule has 0 fully saturated rings. The van der Waals surface area contributed by atoms with Crippen LogP contribution in [0.3, 0.4) is 0 Å². The predicted octanol–water partition coefficient (Wildman–Crippen LogP) is 2.04. The summed E-state index contributed by atoms with van der Waals surface area (Å²) in [4.78, 5) is 16.3. The van der Waals surface area contributed by atoms with E-state index in [2.05, 4.69) is 16.7 Å². The molecule has 0 aromatic carbocycles. The van der Waals surface area contributed by atoms with Gasteiger partial charge in [-0.1, -0.05) is 21.8 Å². The number of nitrogens with zero attached hydrogens (tertiary/aromatic N) is 5. The number of anilines is 1. The number of hydrogen-bond acceptors (Lipinski definition) is 5. The van der Waals surface area contributed by atoms with Crippen LogP contribution in [0.2, 0.25) is 0 Å². The highest BCUT2D eigenvalue weighted by molar-refractivity contribution is 5.49. The van der Waals surface area contributed by atoms with Gasteiger partial charge in [-0.05, 0) is 24.8 Å². The second-order valence-electron chi connectivity index (χ2n) is 4.31. The number of rotatable bonds is 5. The van der Waals surface area contributed by atoms with Gasteiger partial charge in [-0.15, -0.1) is 0 Å². The fourth-order valence-corrected chi connectivity index (χ4v) is 1.83. The van der Waals surface area contributed by atoms with Crippen LogP contribution in [0.25, 0.3) is 5.65 Å². The molecule has 100 valence electrons. The summed E-state index contributed by atoms with van der Waals surface area (Å²) >= 11 is 0. The van der Waals surface area contributed by atoms with Crippen LogP contribution in [0.5, 0.6) is 0 Å². The van der Waals surface area contributed by atoms with Crippen LogP contribution in [0.4, 0.5) is 11.6 Å². The van der Waals surface area contributed by atoms with E-state index >= 15 is 0 Å². The highest BCUT2D eigenvalue weighted by Gasteiger charge is 2.17. The quantitative estimate of drug-likeness (QED) is 0.467. The molecular weight excluding hydrogens is 246 g/mol. The highest BCUT2D eigenvalue weighted by Crippen LogP contribution is 2.17. The molecule has 0 saturated carbocycles. The minimum atomic E-state index is -0.494. The molecule has 0 saturated heterocycles. The first-order chi connectivity index (χ1) is 9.02. The standard InChI is InChI=1S/C12H15N5O2/c1-4-15(8-9(2)3)11-6-5-10-13-7-12(17(18)19)16(10)14-11/h5-7H,2,4,8H2,1,3H3. The Hall–Kier alpha value is -2.44. The molecule has 0 N–H and O–H groups in total. The lowest BCUT2D eigenvalue weighted by atomic mass is 10.3. The first kappa shape index (κ1) is 13.0. The molecule has 0 bridgehead atoms. The fourth-order valence-electron chi connectivity index (χ4n) is 1.83. The summed E-state index contributed by atoms with van der Waals surface area (Å²) in [6, 6.07) is 3.52. The maximum Gasteiger partial charge on any atom is 0.368 e. The van der Waals surface area contributed by atoms with Gasteiger partial charge in [0.25, 0.3) is 0 Å². The Morgan fingerprint density at radius 1 is 1.58 bits per heavy atom. The molecule has 0 radical (unpaired) electrons. The van der Waals surface area contributed by atoms with Gasteiger partial charge in [0.05, 0.1) is 0 Å². The summed E-state index contributed by atoms with van der Waals surface area (Å²) in [7, 11) is 0. The zero-order valence-electron chi connectivity index (χ0n) is 10.9. The Morgan fingerprint density at radius 3 is 2.89 bits per heavy atom. The fraction of sp³-hybridized carbons (Fsp3) is 0.333. The van der Waals surface area contributed by atoms with E-state index in [1.807, 2.05) is 18.7 Å². The number of nitro groups is 1. The van der Waals surface area contributed by atoms with Crippen molar-refractivity contribution in [1.29, 1.82) is 0 Å². The Kier molecular flexibility index (Phi) is 3.46. The van der Waals surface area contributed by atoms with E-state index in [-0.39, 0.29) is 5.82 Å². The minimum Gasteiger partial charge on any atom is -0.358 e. The monoisotopic (exact) mass is 261 g/mol. The van der Waals surface area contributed by atoms with Gasteiger partial charge in [-0.2, -0.15) is 0 Å². The van der Waals surface area contributed by atoms with Gasteiger partial charge in [0.15, 0.2) is 5.82 Å². The molecule has 2 rings (SSSR count). The first-order valence-corrected chi connectivity index (χ1v) is 5.91.